The van der Waals surface area contributed by atoms with Crippen molar-refractivity contribution in [2.45, 2.75) is 0 Å². The minimum absolute atomic E-state index is 0.895. The first kappa shape index (κ1) is 53.8. The Labute approximate surface area is 506 Å². The molecule has 0 fully saturated rings. The van der Waals surface area contributed by atoms with Gasteiger partial charge in [-0.25, -0.2) is 9.97 Å². The van der Waals surface area contributed by atoms with Crippen molar-refractivity contribution in [2.75, 3.05) is 0 Å². The van der Waals surface area contributed by atoms with Crippen LogP contribution in [0.4, 0.5) is 0 Å². The minimum Gasteiger partial charge on any atom is -0.252 e. The van der Waals surface area contributed by atoms with Crippen molar-refractivity contribution >= 4 is 97.7 Å². The van der Waals surface area contributed by atoms with Crippen LogP contribution < -0.4 is 0 Å². The molecular weight excluding hydrogens is 1110 g/mol. The maximum absolute atomic E-state index is 8.41. The average molecular weight is 1160 g/mol. The quantitative estimate of drug-likeness (QED) is 0.124. The van der Waals surface area contributed by atoms with Crippen molar-refractivity contribution in [1.82, 2.24) is 29.9 Å². The van der Waals surface area contributed by atoms with E-state index in [0.29, 0.717) is 0 Å². The Bertz CT molecular complexity index is 5170. The van der Waals surface area contributed by atoms with Crippen LogP contribution in [0.15, 0.2) is 304 Å². The van der Waals surface area contributed by atoms with Gasteiger partial charge in [0.05, 0.1) is 56.9 Å². The molecule has 17 aromatic rings. The van der Waals surface area contributed by atoms with Crippen LogP contribution in [0.25, 0.3) is 154 Å². The molecule has 0 amide bonds. The molecule has 0 unspecified atom stereocenters. The molecule has 3 heterocycles. The molecule has 0 aliphatic heterocycles. The third-order valence-electron chi connectivity index (χ3n) is 15.9. The molecule has 0 saturated heterocycles. The third kappa shape index (κ3) is 10.5. The van der Waals surface area contributed by atoms with E-state index in [1.165, 1.54) is 65.7 Å². The maximum atomic E-state index is 8.41. The molecule has 0 aliphatic rings. The third-order valence-corrected chi connectivity index (χ3v) is 15.9. The fraction of sp³-hybridized carbons (Fsp3) is 0. The Kier molecular flexibility index (Phi) is 14.9. The second-order valence-corrected chi connectivity index (χ2v) is 21.2. The van der Waals surface area contributed by atoms with E-state index in [-0.39, 0.29) is 0 Å². The zero-order valence-electron chi connectivity index (χ0n) is 46.7. The molecule has 9 heteroatoms. The summed E-state index contributed by atoms with van der Waals surface area (Å²) in [5, 5.41) is 14.1. The van der Waals surface area contributed by atoms with E-state index in [2.05, 4.69) is 234 Å². The van der Waals surface area contributed by atoms with Gasteiger partial charge in [-0.2, -0.15) is 0 Å². The van der Waals surface area contributed by atoms with Gasteiger partial charge in [-0.1, -0.05) is 261 Å². The van der Waals surface area contributed by atoms with Gasteiger partial charge in [0, 0.05) is 55.8 Å². The first-order valence-corrected chi connectivity index (χ1v) is 29.5. The van der Waals surface area contributed by atoms with Crippen LogP contribution >= 0.6 is 0 Å². The van der Waals surface area contributed by atoms with Crippen LogP contribution in [-0.4, -0.2) is 29.9 Å². The first-order valence-electron chi connectivity index (χ1n) is 28.5. The second-order valence-electron chi connectivity index (χ2n) is 21.0. The topological polar surface area (TPSA) is 111 Å². The van der Waals surface area contributed by atoms with Crippen LogP contribution in [0, 0.1) is 0 Å². The summed E-state index contributed by atoms with van der Waals surface area (Å²) >= 11 is -1.44. The van der Waals surface area contributed by atoms with Gasteiger partial charge in [-0.3, -0.25) is 19.9 Å². The van der Waals surface area contributed by atoms with E-state index in [4.69, 9.17) is 27.6 Å². The first-order chi connectivity index (χ1) is 43.1. The summed E-state index contributed by atoms with van der Waals surface area (Å²) in [5.74, 6) is 0. The summed E-state index contributed by atoms with van der Waals surface area (Å²) in [6.45, 7) is 0. The number of benzene rings is 14. The summed E-state index contributed by atoms with van der Waals surface area (Å²) in [6, 6.07) is 97.3. The number of rotatable bonds is 5. The summed E-state index contributed by atoms with van der Waals surface area (Å²) < 4.78 is 16.8. The molecule has 3 aromatic heterocycles. The van der Waals surface area contributed by atoms with Gasteiger partial charge in [0.15, 0.2) is 0 Å². The predicted molar refractivity (Wildman–Crippen MR) is 352 cm³/mol. The molecule has 0 atom stereocenters. The molecule has 0 spiro atoms. The Morgan fingerprint density at radius 2 is 0.448 bits per heavy atom. The van der Waals surface area contributed by atoms with Crippen LogP contribution in [-0.2, 0) is 22.5 Å². The average Bonchev–Trinajstić information content (AvgIpc) is 0.987. The van der Waals surface area contributed by atoms with Crippen LogP contribution in [0.5, 0.6) is 0 Å². The van der Waals surface area contributed by atoms with E-state index in [9.17, 15) is 0 Å². The van der Waals surface area contributed by atoms with Gasteiger partial charge in [-0.05, 0) is 83.9 Å². The van der Waals surface area contributed by atoms with E-state index >= 15 is 0 Å². The molecule has 87 heavy (non-hydrogen) atoms. The number of fused-ring (bicyclic) bond motifs is 18. The van der Waals surface area contributed by atoms with Gasteiger partial charge in [0.2, 0.25) is 0 Å². The van der Waals surface area contributed by atoms with Crippen molar-refractivity contribution < 1.29 is 22.5 Å². The standard InChI is InChI=1S/2C28H18N2.C22H14N2.Mn.2O/c1-3-9-19(10-4-1)21-15-16-24-25(17-21)22-13-7-8-14-23(22)28-27(24)29-18-26(30-28)20-11-5-2-6-12-20;1-3-9-19(10-4-1)21-15-16-24-25(17-21)22-13-7-8-14-23(22)27-28(24)30-26(18-29-27)20-11-5-2-6-12-20;1-2-6-15(7-3-1)16-10-11-19-20(14-16)17-8-4-5-9-18(17)21-22(19)24-13-12-23-21;;;/h2*1-18H;1-14H;;;. The Hall–Kier alpha value is -11.2. The predicted octanol–water partition coefficient (Wildman–Crippen LogP) is 19.9. The van der Waals surface area contributed by atoms with Crippen LogP contribution in [0.2, 0.25) is 0 Å². The van der Waals surface area contributed by atoms with Gasteiger partial charge in [-0.15, -0.1) is 0 Å². The molecule has 0 radical (unpaired) electrons. The zero-order valence-corrected chi connectivity index (χ0v) is 47.9. The Balaban J connectivity index is 0.000000113. The largest absolute Gasteiger partial charge is 0.252 e. The van der Waals surface area contributed by atoms with Crippen molar-refractivity contribution in [3.05, 3.63) is 304 Å². The number of hydrogen-bond donors (Lipinski definition) is 0. The van der Waals surface area contributed by atoms with E-state index < -0.39 is 14.8 Å². The zero-order chi connectivity index (χ0) is 58.5. The Morgan fingerprint density at radius 1 is 0.207 bits per heavy atom. The molecule has 0 bridgehead atoms. The molecule has 0 N–H and O–H groups in total. The fourth-order valence-electron chi connectivity index (χ4n) is 11.9. The van der Waals surface area contributed by atoms with E-state index in [1.54, 1.807) is 12.4 Å². The smallest absolute Gasteiger partial charge is 0.0979 e. The summed E-state index contributed by atoms with van der Waals surface area (Å²) in [6.07, 6.45) is 7.30. The molecule has 14 aromatic carbocycles. The maximum Gasteiger partial charge on any atom is 0.0979 e. The van der Waals surface area contributed by atoms with Crippen molar-refractivity contribution in [2.24, 2.45) is 0 Å². The monoisotopic (exact) mass is 1160 g/mol. The van der Waals surface area contributed by atoms with Crippen molar-refractivity contribution in [1.29, 1.82) is 0 Å². The van der Waals surface area contributed by atoms with E-state index in [1.807, 2.05) is 67.0 Å². The van der Waals surface area contributed by atoms with Gasteiger partial charge < -0.3 is 0 Å². The van der Waals surface area contributed by atoms with Gasteiger partial charge in [0.25, 0.3) is 0 Å². The van der Waals surface area contributed by atoms with Crippen LogP contribution in [0.1, 0.15) is 0 Å². The second kappa shape index (κ2) is 24.2. The van der Waals surface area contributed by atoms with Gasteiger partial charge >= 0.3 is 22.5 Å². The minimum atomic E-state index is -1.44. The van der Waals surface area contributed by atoms with Gasteiger partial charge in [0.1, 0.15) is 0 Å². The van der Waals surface area contributed by atoms with Crippen molar-refractivity contribution in [3.63, 3.8) is 0 Å². The number of aromatic nitrogens is 6. The fourth-order valence-corrected chi connectivity index (χ4v) is 11.9. The summed E-state index contributed by atoms with van der Waals surface area (Å²) in [5.41, 5.74) is 17.0. The molecule has 17 rings (SSSR count). The molecule has 411 valence electrons. The summed E-state index contributed by atoms with van der Waals surface area (Å²) in [4.78, 5) is 29.0. The normalized spacial score (nSPS) is 11.1. The SMILES string of the molecule is [O]=[Mn]=[O].c1ccc(-c2ccc3c(c2)c2ccccc2c2nc(-c4ccccc4)cnc32)cc1.c1ccc(-c2ccc3c(c2)c2ccccc2c2ncc(-c4ccccc4)nc32)cc1.c1ccc(-c2ccc3c(c2)c2ccccc2c2nccnc32)cc1. The molecule has 0 saturated carbocycles. The number of hydrogen-bond acceptors (Lipinski definition) is 8. The molecule has 0 aliphatic carbocycles. The molecule has 8 nitrogen and oxygen atoms in total. The summed E-state index contributed by atoms with van der Waals surface area (Å²) in [7, 11) is 0. The van der Waals surface area contributed by atoms with Crippen LogP contribution in [0.3, 0.4) is 0 Å². The van der Waals surface area contributed by atoms with Crippen molar-refractivity contribution in [3.8, 4) is 55.9 Å². The van der Waals surface area contributed by atoms with E-state index in [0.717, 1.165) is 87.9 Å². The molecular formula is C78H50MnN6O2. The number of nitrogens with zero attached hydrogens (tertiary/aromatic N) is 6. The Morgan fingerprint density at radius 3 is 0.770 bits per heavy atom.